The molecule has 0 aliphatic carbocycles. The van der Waals surface area contributed by atoms with Crippen LogP contribution >= 0.6 is 0 Å². The fourth-order valence-corrected chi connectivity index (χ4v) is 1.23. The van der Waals surface area contributed by atoms with Gasteiger partial charge in [0.2, 0.25) is 0 Å². The monoisotopic (exact) mass is 180 g/mol. The van der Waals surface area contributed by atoms with Crippen LogP contribution in [0, 0.1) is 0 Å². The van der Waals surface area contributed by atoms with Crippen molar-refractivity contribution in [2.24, 2.45) is 0 Å². The summed E-state index contributed by atoms with van der Waals surface area (Å²) in [5.41, 5.74) is 0.873. The Morgan fingerprint density at radius 3 is 3.15 bits per heavy atom. The molecule has 4 nitrogen and oxygen atoms in total. The number of hydrogen-bond donors (Lipinski definition) is 1. The Balaban J connectivity index is 2.81. The molecule has 1 rings (SSSR count). The lowest BCUT2D eigenvalue weighted by molar-refractivity contribution is -0.137. The van der Waals surface area contributed by atoms with Gasteiger partial charge in [-0.15, -0.1) is 0 Å². The van der Waals surface area contributed by atoms with Crippen molar-refractivity contribution in [2.45, 2.75) is 19.3 Å². The molecule has 1 unspecified atom stereocenters. The average molecular weight is 180 g/mol. The van der Waals surface area contributed by atoms with Gasteiger partial charge in [0.15, 0.2) is 0 Å². The zero-order valence-corrected chi connectivity index (χ0v) is 7.47. The molecule has 0 saturated heterocycles. The highest BCUT2D eigenvalue weighted by molar-refractivity contribution is 5.67. The van der Waals surface area contributed by atoms with E-state index < -0.39 is 5.97 Å². The lowest BCUT2D eigenvalue weighted by Gasteiger charge is -2.08. The Morgan fingerprint density at radius 1 is 1.92 bits per heavy atom. The molecule has 1 N–H and O–H groups in total. The van der Waals surface area contributed by atoms with Crippen LogP contribution in [0.3, 0.4) is 0 Å². The van der Waals surface area contributed by atoms with Crippen LogP contribution in [0.15, 0.2) is 18.8 Å². The van der Waals surface area contributed by atoms with E-state index in [1.807, 2.05) is 6.92 Å². The zero-order chi connectivity index (χ0) is 9.84. The summed E-state index contributed by atoms with van der Waals surface area (Å²) in [6.45, 7) is 5.43. The first-order valence-corrected chi connectivity index (χ1v) is 4.03. The van der Waals surface area contributed by atoms with E-state index in [0.717, 1.165) is 5.69 Å². The fraction of sp³-hybridized carbons (Fsp3) is 0.333. The quantitative estimate of drug-likeness (QED) is 0.765. The van der Waals surface area contributed by atoms with Gasteiger partial charge in [0.1, 0.15) is 0 Å². The van der Waals surface area contributed by atoms with Crippen molar-refractivity contribution in [3.05, 3.63) is 24.5 Å². The second kappa shape index (κ2) is 3.89. The van der Waals surface area contributed by atoms with Crippen molar-refractivity contribution >= 4 is 12.2 Å². The molecule has 1 aromatic heterocycles. The molecule has 0 fully saturated rings. The summed E-state index contributed by atoms with van der Waals surface area (Å²) in [5.74, 6) is -0.845. The summed E-state index contributed by atoms with van der Waals surface area (Å²) in [5, 5.41) is 12.6. The molecule has 0 saturated carbocycles. The predicted octanol–water partition coefficient (Wildman–Crippen LogP) is 1.56. The molecule has 0 aliphatic heterocycles. The van der Waals surface area contributed by atoms with E-state index in [1.165, 1.54) is 0 Å². The molecule has 70 valence electrons. The largest absolute Gasteiger partial charge is 0.481 e. The Bertz CT molecular complexity index is 317. The van der Waals surface area contributed by atoms with Gasteiger partial charge in [-0.3, -0.25) is 4.79 Å². The maximum atomic E-state index is 10.4. The van der Waals surface area contributed by atoms with Gasteiger partial charge in [-0.1, -0.05) is 13.5 Å². The molecule has 13 heavy (non-hydrogen) atoms. The highest BCUT2D eigenvalue weighted by Crippen LogP contribution is 2.18. The van der Waals surface area contributed by atoms with E-state index in [2.05, 4.69) is 11.7 Å². The van der Waals surface area contributed by atoms with E-state index in [-0.39, 0.29) is 12.3 Å². The van der Waals surface area contributed by atoms with Crippen molar-refractivity contribution in [3.63, 3.8) is 0 Å². The Labute approximate surface area is 76.5 Å². The molecule has 1 aromatic rings. The minimum Gasteiger partial charge on any atom is -0.481 e. The number of carboxylic acids is 1. The van der Waals surface area contributed by atoms with Crippen LogP contribution in [-0.2, 0) is 4.79 Å². The topological polar surface area (TPSA) is 55.1 Å². The molecule has 4 heteroatoms. The molecule has 0 spiro atoms. The normalized spacial score (nSPS) is 12.4. The third kappa shape index (κ3) is 2.18. The number of aromatic nitrogens is 2. The van der Waals surface area contributed by atoms with Crippen molar-refractivity contribution < 1.29 is 9.90 Å². The van der Waals surface area contributed by atoms with Crippen LogP contribution in [0.1, 0.15) is 25.0 Å². The molecule has 0 aliphatic rings. The van der Waals surface area contributed by atoms with Gasteiger partial charge < -0.3 is 5.11 Å². The van der Waals surface area contributed by atoms with Crippen LogP contribution in [0.5, 0.6) is 0 Å². The molecule has 1 heterocycles. The number of rotatable bonds is 4. The summed E-state index contributed by atoms with van der Waals surface area (Å²) >= 11 is 0. The van der Waals surface area contributed by atoms with Gasteiger partial charge in [0, 0.05) is 24.0 Å². The van der Waals surface area contributed by atoms with Crippen LogP contribution in [0.25, 0.3) is 6.20 Å². The van der Waals surface area contributed by atoms with E-state index in [9.17, 15) is 4.79 Å². The van der Waals surface area contributed by atoms with E-state index in [1.54, 1.807) is 23.1 Å². The zero-order valence-electron chi connectivity index (χ0n) is 7.47. The highest BCUT2D eigenvalue weighted by atomic mass is 16.4. The predicted molar refractivity (Wildman–Crippen MR) is 49.3 cm³/mol. The molecular weight excluding hydrogens is 168 g/mol. The molecule has 0 aromatic carbocycles. The van der Waals surface area contributed by atoms with Crippen molar-refractivity contribution in [3.8, 4) is 0 Å². The Hall–Kier alpha value is -1.58. The van der Waals surface area contributed by atoms with Gasteiger partial charge in [0.25, 0.3) is 0 Å². The van der Waals surface area contributed by atoms with Crippen LogP contribution in [0.4, 0.5) is 0 Å². The van der Waals surface area contributed by atoms with Crippen molar-refractivity contribution in [1.29, 1.82) is 0 Å². The van der Waals surface area contributed by atoms with Crippen LogP contribution in [0.2, 0.25) is 0 Å². The van der Waals surface area contributed by atoms with Crippen LogP contribution < -0.4 is 0 Å². The van der Waals surface area contributed by atoms with Gasteiger partial charge >= 0.3 is 5.97 Å². The molecule has 0 radical (unpaired) electrons. The Kier molecular flexibility index (Phi) is 2.84. The standard InChI is InChI=1S/C9H12N2O2/c1-3-11-8(4-5-10-11)7(2)6-9(12)13/h3-5,7H,1,6H2,2H3,(H,12,13). The summed E-state index contributed by atoms with van der Waals surface area (Å²) in [4.78, 5) is 10.4. The van der Waals surface area contributed by atoms with Gasteiger partial charge in [0.05, 0.1) is 6.42 Å². The third-order valence-corrected chi connectivity index (χ3v) is 1.86. The molecule has 0 amide bonds. The number of carbonyl (C=O) groups is 1. The third-order valence-electron chi connectivity index (χ3n) is 1.86. The lowest BCUT2D eigenvalue weighted by atomic mass is 10.0. The number of aliphatic carboxylic acids is 1. The van der Waals surface area contributed by atoms with Gasteiger partial charge in [-0.05, 0) is 6.07 Å². The molecule has 0 bridgehead atoms. The smallest absolute Gasteiger partial charge is 0.304 e. The van der Waals surface area contributed by atoms with E-state index in [0.29, 0.717) is 0 Å². The van der Waals surface area contributed by atoms with Crippen molar-refractivity contribution in [2.75, 3.05) is 0 Å². The number of carboxylic acid groups (broad SMARTS) is 1. The molecular formula is C9H12N2O2. The van der Waals surface area contributed by atoms with Gasteiger partial charge in [-0.2, -0.15) is 5.10 Å². The first-order valence-electron chi connectivity index (χ1n) is 4.03. The number of nitrogens with zero attached hydrogens (tertiary/aromatic N) is 2. The summed E-state index contributed by atoms with van der Waals surface area (Å²) in [6.07, 6.45) is 3.31. The average Bonchev–Trinajstić information content (AvgIpc) is 2.49. The van der Waals surface area contributed by atoms with Crippen LogP contribution in [-0.4, -0.2) is 20.9 Å². The first-order chi connectivity index (χ1) is 6.15. The maximum Gasteiger partial charge on any atom is 0.304 e. The van der Waals surface area contributed by atoms with E-state index in [4.69, 9.17) is 5.11 Å². The number of hydrogen-bond acceptors (Lipinski definition) is 2. The Morgan fingerprint density at radius 2 is 2.62 bits per heavy atom. The minimum absolute atomic E-state index is 0.0435. The second-order valence-corrected chi connectivity index (χ2v) is 2.88. The fourth-order valence-electron chi connectivity index (χ4n) is 1.23. The molecule has 1 atom stereocenters. The minimum atomic E-state index is -0.802. The summed E-state index contributed by atoms with van der Waals surface area (Å²) in [7, 11) is 0. The maximum absolute atomic E-state index is 10.4. The summed E-state index contributed by atoms with van der Waals surface area (Å²) in [6, 6.07) is 1.80. The summed E-state index contributed by atoms with van der Waals surface area (Å²) < 4.78 is 1.59. The SMILES string of the molecule is C=Cn1nccc1C(C)CC(=O)O. The first kappa shape index (κ1) is 9.51. The highest BCUT2D eigenvalue weighted by Gasteiger charge is 2.13. The second-order valence-electron chi connectivity index (χ2n) is 2.88. The van der Waals surface area contributed by atoms with E-state index >= 15 is 0 Å². The lowest BCUT2D eigenvalue weighted by Crippen LogP contribution is -2.06. The van der Waals surface area contributed by atoms with Crippen molar-refractivity contribution in [1.82, 2.24) is 9.78 Å². The van der Waals surface area contributed by atoms with Gasteiger partial charge in [-0.25, -0.2) is 4.68 Å².